The second-order valence-corrected chi connectivity index (χ2v) is 4.70. The molecule has 0 bridgehead atoms. The largest absolute Gasteiger partial charge is 0.465 e. The highest BCUT2D eigenvalue weighted by atomic mass is 16.5. The molecule has 0 aromatic rings. The smallest absolute Gasteiger partial charge is 0.325 e. The molecule has 0 radical (unpaired) electrons. The Kier molecular flexibility index (Phi) is 8.37. The lowest BCUT2D eigenvalue weighted by atomic mass is 10.0. The van der Waals surface area contributed by atoms with Crippen LogP contribution in [-0.4, -0.2) is 42.5 Å². The van der Waals surface area contributed by atoms with E-state index in [9.17, 15) is 9.59 Å². The van der Waals surface area contributed by atoms with E-state index in [2.05, 4.69) is 0 Å². The number of amides is 1. The van der Waals surface area contributed by atoms with Crippen LogP contribution in [0, 0.1) is 5.92 Å². The van der Waals surface area contributed by atoms with E-state index in [0.717, 1.165) is 12.8 Å². The molecular weight excluding hydrogens is 232 g/mol. The van der Waals surface area contributed by atoms with Crippen molar-refractivity contribution < 1.29 is 14.3 Å². The van der Waals surface area contributed by atoms with E-state index in [0.29, 0.717) is 13.2 Å². The Morgan fingerprint density at radius 3 is 2.33 bits per heavy atom. The third-order valence-electron chi connectivity index (χ3n) is 2.77. The Morgan fingerprint density at radius 1 is 1.28 bits per heavy atom. The maximum atomic E-state index is 12.2. The van der Waals surface area contributed by atoms with Crippen LogP contribution in [0.5, 0.6) is 0 Å². The van der Waals surface area contributed by atoms with Gasteiger partial charge in [0, 0.05) is 12.0 Å². The number of nitrogens with zero attached hydrogens (tertiary/aromatic N) is 1. The molecule has 1 atom stereocenters. The topological polar surface area (TPSA) is 72.6 Å². The average Bonchev–Trinajstić information content (AvgIpc) is 2.32. The van der Waals surface area contributed by atoms with Gasteiger partial charge in [-0.3, -0.25) is 9.59 Å². The molecule has 1 unspecified atom stereocenters. The molecule has 0 spiro atoms. The number of ether oxygens (including phenoxy) is 1. The van der Waals surface area contributed by atoms with Crippen LogP contribution in [0.3, 0.4) is 0 Å². The fourth-order valence-corrected chi connectivity index (χ4v) is 1.69. The summed E-state index contributed by atoms with van der Waals surface area (Å²) in [5.41, 5.74) is 5.43. The van der Waals surface area contributed by atoms with Crippen LogP contribution in [-0.2, 0) is 14.3 Å². The number of rotatable bonds is 8. The van der Waals surface area contributed by atoms with Gasteiger partial charge in [-0.15, -0.1) is 0 Å². The minimum absolute atomic E-state index is 0.00787. The summed E-state index contributed by atoms with van der Waals surface area (Å²) in [6.45, 7) is 8.36. The third-order valence-corrected chi connectivity index (χ3v) is 2.77. The minimum atomic E-state index is -0.356. The van der Waals surface area contributed by atoms with E-state index in [1.807, 2.05) is 20.8 Å². The van der Waals surface area contributed by atoms with Gasteiger partial charge in [0.2, 0.25) is 5.91 Å². The van der Waals surface area contributed by atoms with E-state index in [1.165, 1.54) is 0 Å². The molecule has 5 nitrogen and oxygen atoms in total. The van der Waals surface area contributed by atoms with Gasteiger partial charge >= 0.3 is 5.97 Å². The fourth-order valence-electron chi connectivity index (χ4n) is 1.69. The van der Waals surface area contributed by atoms with Gasteiger partial charge in [-0.2, -0.15) is 0 Å². The van der Waals surface area contributed by atoms with Crippen molar-refractivity contribution in [2.45, 2.75) is 46.6 Å². The molecular formula is C13H26N2O3. The van der Waals surface area contributed by atoms with Crippen molar-refractivity contribution in [1.82, 2.24) is 4.90 Å². The molecule has 1 amide bonds. The molecule has 2 N–H and O–H groups in total. The Balaban J connectivity index is 4.48. The van der Waals surface area contributed by atoms with Gasteiger partial charge in [-0.25, -0.2) is 0 Å². The van der Waals surface area contributed by atoms with Crippen molar-refractivity contribution in [3.05, 3.63) is 0 Å². The lowest BCUT2D eigenvalue weighted by Crippen LogP contribution is -2.43. The second-order valence-electron chi connectivity index (χ2n) is 4.70. The number of nitrogens with two attached hydrogens (primary N) is 1. The van der Waals surface area contributed by atoms with Crippen LogP contribution in [0.4, 0.5) is 0 Å². The predicted octanol–water partition coefficient (Wildman–Crippen LogP) is 1.16. The minimum Gasteiger partial charge on any atom is -0.465 e. The molecule has 0 aliphatic heterocycles. The molecule has 0 aliphatic carbocycles. The summed E-state index contributed by atoms with van der Waals surface area (Å²) in [7, 11) is 0. The number of hydrogen-bond acceptors (Lipinski definition) is 4. The van der Waals surface area contributed by atoms with E-state index in [-0.39, 0.29) is 30.4 Å². The molecule has 0 rings (SSSR count). The van der Waals surface area contributed by atoms with Crippen LogP contribution < -0.4 is 5.73 Å². The number of carbonyl (C=O) groups is 2. The van der Waals surface area contributed by atoms with E-state index < -0.39 is 0 Å². The van der Waals surface area contributed by atoms with Crippen molar-refractivity contribution >= 4 is 11.9 Å². The molecule has 18 heavy (non-hydrogen) atoms. The molecule has 5 heteroatoms. The van der Waals surface area contributed by atoms with E-state index in [1.54, 1.807) is 11.8 Å². The Morgan fingerprint density at radius 2 is 1.89 bits per heavy atom. The zero-order chi connectivity index (χ0) is 14.1. The van der Waals surface area contributed by atoms with Crippen LogP contribution in [0.2, 0.25) is 0 Å². The molecule has 0 heterocycles. The van der Waals surface area contributed by atoms with Crippen molar-refractivity contribution in [2.75, 3.05) is 19.7 Å². The van der Waals surface area contributed by atoms with Crippen LogP contribution in [0.25, 0.3) is 0 Å². The first kappa shape index (κ1) is 16.9. The zero-order valence-corrected chi connectivity index (χ0v) is 11.9. The highest BCUT2D eigenvalue weighted by molar-refractivity contribution is 5.83. The van der Waals surface area contributed by atoms with Gasteiger partial charge in [-0.1, -0.05) is 6.92 Å². The molecule has 0 saturated heterocycles. The number of carbonyl (C=O) groups excluding carboxylic acids is 2. The second kappa shape index (κ2) is 8.91. The molecule has 106 valence electrons. The van der Waals surface area contributed by atoms with Crippen molar-refractivity contribution in [3.8, 4) is 0 Å². The molecule has 0 saturated carbocycles. The zero-order valence-electron chi connectivity index (χ0n) is 11.9. The fraction of sp³-hybridized carbons (Fsp3) is 0.846. The van der Waals surface area contributed by atoms with E-state index >= 15 is 0 Å². The lowest BCUT2D eigenvalue weighted by Gasteiger charge is -2.28. The first-order valence-electron chi connectivity index (χ1n) is 6.60. The van der Waals surface area contributed by atoms with Gasteiger partial charge < -0.3 is 15.4 Å². The summed E-state index contributed by atoms with van der Waals surface area (Å²) in [4.78, 5) is 25.2. The first-order chi connectivity index (χ1) is 8.43. The average molecular weight is 258 g/mol. The summed E-state index contributed by atoms with van der Waals surface area (Å²) in [6.07, 6.45) is 1.57. The maximum Gasteiger partial charge on any atom is 0.325 e. The molecule has 0 aliphatic rings. The number of hydrogen-bond donors (Lipinski definition) is 1. The highest BCUT2D eigenvalue weighted by Gasteiger charge is 2.24. The standard InChI is InChI=1S/C13H26N2O3/c1-5-18-12(16)9-15(10(2)3)13(17)11(4)7-6-8-14/h10-11H,5-9,14H2,1-4H3. The van der Waals surface area contributed by atoms with Crippen LogP contribution >= 0.6 is 0 Å². The molecule has 0 aromatic carbocycles. The van der Waals surface area contributed by atoms with Gasteiger partial charge in [0.1, 0.15) is 6.54 Å². The van der Waals surface area contributed by atoms with Crippen LogP contribution in [0.15, 0.2) is 0 Å². The maximum absolute atomic E-state index is 12.2. The van der Waals surface area contributed by atoms with Gasteiger partial charge in [0.05, 0.1) is 6.61 Å². The normalized spacial score (nSPS) is 12.3. The third kappa shape index (κ3) is 6.00. The predicted molar refractivity (Wildman–Crippen MR) is 70.9 cm³/mol. The summed E-state index contributed by atoms with van der Waals surface area (Å²) >= 11 is 0. The van der Waals surface area contributed by atoms with Gasteiger partial charge in [0.15, 0.2) is 0 Å². The monoisotopic (exact) mass is 258 g/mol. The quantitative estimate of drug-likeness (QED) is 0.663. The Bertz CT molecular complexity index is 267. The summed E-state index contributed by atoms with van der Waals surface area (Å²) in [5, 5.41) is 0. The van der Waals surface area contributed by atoms with Gasteiger partial charge in [0.25, 0.3) is 0 Å². The molecule has 0 fully saturated rings. The Labute approximate surface area is 110 Å². The van der Waals surface area contributed by atoms with Crippen molar-refractivity contribution in [1.29, 1.82) is 0 Å². The Hall–Kier alpha value is -1.10. The summed E-state index contributed by atoms with van der Waals surface area (Å²) in [5.74, 6) is -0.470. The van der Waals surface area contributed by atoms with Crippen LogP contribution in [0.1, 0.15) is 40.5 Å². The highest BCUT2D eigenvalue weighted by Crippen LogP contribution is 2.12. The number of esters is 1. The lowest BCUT2D eigenvalue weighted by molar-refractivity contribution is -0.151. The molecule has 0 aromatic heterocycles. The summed E-state index contributed by atoms with van der Waals surface area (Å²) in [6, 6.07) is -0.0118. The van der Waals surface area contributed by atoms with Gasteiger partial charge in [-0.05, 0) is 40.2 Å². The van der Waals surface area contributed by atoms with Crippen molar-refractivity contribution in [3.63, 3.8) is 0 Å². The van der Waals surface area contributed by atoms with E-state index in [4.69, 9.17) is 10.5 Å². The summed E-state index contributed by atoms with van der Waals surface area (Å²) < 4.78 is 4.88. The van der Waals surface area contributed by atoms with Crippen molar-refractivity contribution in [2.24, 2.45) is 11.7 Å². The SMILES string of the molecule is CCOC(=O)CN(C(=O)C(C)CCCN)C(C)C. The first-order valence-corrected chi connectivity index (χ1v) is 6.60.